The summed E-state index contributed by atoms with van der Waals surface area (Å²) in [6.07, 6.45) is 0. The molecule has 6 nitrogen and oxygen atoms in total. The van der Waals surface area contributed by atoms with Gasteiger partial charge in [0, 0.05) is 12.6 Å². The van der Waals surface area contributed by atoms with Gasteiger partial charge in [0.1, 0.15) is 5.69 Å². The highest BCUT2D eigenvalue weighted by Crippen LogP contribution is 2.29. The van der Waals surface area contributed by atoms with Crippen LogP contribution in [0.1, 0.15) is 12.5 Å². The predicted octanol–water partition coefficient (Wildman–Crippen LogP) is 2.30. The van der Waals surface area contributed by atoms with Crippen molar-refractivity contribution >= 4 is 40.1 Å². The molecule has 0 saturated heterocycles. The van der Waals surface area contributed by atoms with Crippen LogP contribution < -0.4 is 16.5 Å². The molecule has 6 heteroatoms. The number of nitrogens with zero attached hydrogens (tertiary/aromatic N) is 3. The molecule has 0 atom stereocenters. The number of aliphatic imine (C=N–C) groups is 1. The average molecular weight is 322 g/mol. The van der Waals surface area contributed by atoms with Gasteiger partial charge in [0.25, 0.3) is 0 Å². The molecule has 1 heterocycles. The third-order valence-electron chi connectivity index (χ3n) is 4.17. The van der Waals surface area contributed by atoms with Gasteiger partial charge < -0.3 is 11.5 Å². The van der Waals surface area contributed by atoms with Crippen molar-refractivity contribution in [3.63, 3.8) is 0 Å². The zero-order valence-electron chi connectivity index (χ0n) is 13.9. The number of carbonyl (C=O) groups is 1. The third-order valence-corrected chi connectivity index (χ3v) is 4.17. The molecule has 0 spiro atoms. The molecule has 0 aromatic heterocycles. The highest BCUT2D eigenvalue weighted by atomic mass is 16.2. The van der Waals surface area contributed by atoms with E-state index < -0.39 is 0 Å². The lowest BCUT2D eigenvalue weighted by molar-refractivity contribution is -0.495. The zero-order valence-corrected chi connectivity index (χ0v) is 13.9. The fourth-order valence-electron chi connectivity index (χ4n) is 2.63. The number of nitrogens with two attached hydrogens (primary N) is 2. The average Bonchev–Trinajstić information content (AvgIpc) is 2.77. The van der Waals surface area contributed by atoms with Crippen molar-refractivity contribution in [2.24, 2.45) is 4.99 Å². The monoisotopic (exact) mass is 322 g/mol. The van der Waals surface area contributed by atoms with E-state index in [0.29, 0.717) is 22.8 Å². The van der Waals surface area contributed by atoms with Crippen LogP contribution in [-0.4, -0.2) is 29.1 Å². The number of nitrogen functional groups attached to an aromatic ring is 2. The van der Waals surface area contributed by atoms with E-state index in [-0.39, 0.29) is 5.91 Å². The molecule has 122 valence electrons. The van der Waals surface area contributed by atoms with Crippen LogP contribution in [0.25, 0.3) is 0 Å². The molecule has 1 amide bonds. The number of aryl methyl sites for hydroxylation is 1. The zero-order chi connectivity index (χ0) is 17.4. The SMILES string of the molecule is CC1=[N+](C)N(c2ccccc2)C(=O)C1=Nc1cc(C)c(N)cc1N. The maximum absolute atomic E-state index is 12.9. The second-order valence-corrected chi connectivity index (χ2v) is 5.79. The Morgan fingerprint density at radius 2 is 1.71 bits per heavy atom. The summed E-state index contributed by atoms with van der Waals surface area (Å²) in [7, 11) is 1.83. The van der Waals surface area contributed by atoms with E-state index >= 15 is 0 Å². The predicted molar refractivity (Wildman–Crippen MR) is 97.9 cm³/mol. The van der Waals surface area contributed by atoms with Gasteiger partial charge in [-0.3, -0.25) is 4.79 Å². The van der Waals surface area contributed by atoms with Crippen molar-refractivity contribution in [2.45, 2.75) is 13.8 Å². The van der Waals surface area contributed by atoms with Crippen LogP contribution in [0.2, 0.25) is 0 Å². The molecule has 1 aliphatic rings. The van der Waals surface area contributed by atoms with Gasteiger partial charge in [-0.05, 0) is 36.8 Å². The van der Waals surface area contributed by atoms with E-state index in [4.69, 9.17) is 11.5 Å². The summed E-state index contributed by atoms with van der Waals surface area (Å²) in [5.74, 6) is -0.185. The number of anilines is 3. The fourth-order valence-corrected chi connectivity index (χ4v) is 2.63. The highest BCUT2D eigenvalue weighted by molar-refractivity contribution is 6.69. The van der Waals surface area contributed by atoms with Crippen LogP contribution in [0.15, 0.2) is 47.5 Å². The summed E-state index contributed by atoms with van der Waals surface area (Å²) in [4.78, 5) is 17.4. The molecule has 24 heavy (non-hydrogen) atoms. The van der Waals surface area contributed by atoms with E-state index in [0.717, 1.165) is 17.0 Å². The number of hydrazine groups is 1. The number of hydrogen-bond donors (Lipinski definition) is 2. The minimum atomic E-state index is -0.185. The van der Waals surface area contributed by atoms with Gasteiger partial charge >= 0.3 is 5.91 Å². The van der Waals surface area contributed by atoms with Gasteiger partial charge in [-0.2, -0.15) is 0 Å². The quantitative estimate of drug-likeness (QED) is 0.657. The lowest BCUT2D eigenvalue weighted by atomic mass is 10.1. The Hall–Kier alpha value is -3.15. The number of rotatable bonds is 2. The number of hydrogen-bond acceptors (Lipinski definition) is 4. The first-order valence-corrected chi connectivity index (χ1v) is 7.61. The normalized spacial score (nSPS) is 16.4. The van der Waals surface area contributed by atoms with Crippen LogP contribution in [0.5, 0.6) is 0 Å². The van der Waals surface area contributed by atoms with E-state index in [9.17, 15) is 4.79 Å². The number of carbonyl (C=O) groups excluding carboxylic acids is 1. The molecule has 3 rings (SSSR count). The van der Waals surface area contributed by atoms with Crippen LogP contribution in [0.4, 0.5) is 22.7 Å². The summed E-state index contributed by atoms with van der Waals surface area (Å²) in [5.41, 5.74) is 16.3. The van der Waals surface area contributed by atoms with Gasteiger partial charge in [-0.1, -0.05) is 23.2 Å². The third kappa shape index (κ3) is 2.52. The van der Waals surface area contributed by atoms with E-state index in [2.05, 4.69) is 4.99 Å². The number of benzene rings is 2. The maximum atomic E-state index is 12.9. The van der Waals surface area contributed by atoms with Gasteiger partial charge in [0.15, 0.2) is 7.05 Å². The Morgan fingerprint density at radius 1 is 1.04 bits per heavy atom. The van der Waals surface area contributed by atoms with Crippen molar-refractivity contribution < 1.29 is 9.48 Å². The van der Waals surface area contributed by atoms with Crippen molar-refractivity contribution in [3.8, 4) is 0 Å². The summed E-state index contributed by atoms with van der Waals surface area (Å²) >= 11 is 0. The van der Waals surface area contributed by atoms with Crippen molar-refractivity contribution in [1.82, 2.24) is 0 Å². The van der Waals surface area contributed by atoms with Crippen LogP contribution in [0, 0.1) is 6.92 Å². The van der Waals surface area contributed by atoms with Crippen molar-refractivity contribution in [2.75, 3.05) is 23.5 Å². The van der Waals surface area contributed by atoms with Gasteiger partial charge in [-0.15, -0.1) is 4.68 Å². The molecular weight excluding hydrogens is 302 g/mol. The van der Waals surface area contributed by atoms with E-state index in [1.54, 1.807) is 21.8 Å². The highest BCUT2D eigenvalue weighted by Gasteiger charge is 2.41. The lowest BCUT2D eigenvalue weighted by Gasteiger charge is -2.10. The first kappa shape index (κ1) is 15.7. The minimum absolute atomic E-state index is 0.185. The smallest absolute Gasteiger partial charge is 0.338 e. The van der Waals surface area contributed by atoms with Crippen molar-refractivity contribution in [3.05, 3.63) is 48.0 Å². The minimum Gasteiger partial charge on any atom is -0.398 e. The molecule has 2 aromatic rings. The summed E-state index contributed by atoms with van der Waals surface area (Å²) in [6.45, 7) is 3.74. The molecular formula is C18H20N5O+. The molecule has 1 aliphatic heterocycles. The summed E-state index contributed by atoms with van der Waals surface area (Å²) in [6, 6.07) is 12.9. The molecule has 0 bridgehead atoms. The largest absolute Gasteiger partial charge is 0.398 e. The first-order chi connectivity index (χ1) is 11.4. The van der Waals surface area contributed by atoms with Crippen LogP contribution in [-0.2, 0) is 4.79 Å². The number of hydrazone groups is 1. The molecule has 0 aliphatic carbocycles. The number of amides is 1. The Labute approximate surface area is 140 Å². The molecule has 0 saturated carbocycles. The van der Waals surface area contributed by atoms with Gasteiger partial charge in [-0.25, -0.2) is 4.99 Å². The first-order valence-electron chi connectivity index (χ1n) is 7.61. The molecule has 2 aromatic carbocycles. The van der Waals surface area contributed by atoms with Crippen molar-refractivity contribution in [1.29, 1.82) is 0 Å². The Bertz CT molecular complexity index is 884. The van der Waals surface area contributed by atoms with Crippen LogP contribution >= 0.6 is 0 Å². The molecule has 0 unspecified atom stereocenters. The summed E-state index contributed by atoms with van der Waals surface area (Å²) in [5, 5.41) is 1.59. The molecule has 0 fully saturated rings. The van der Waals surface area contributed by atoms with Gasteiger partial charge in [0.05, 0.1) is 11.4 Å². The second kappa shape index (κ2) is 5.81. The number of para-hydroxylation sites is 1. The fraction of sp³-hybridized carbons (Fsp3) is 0.167. The Morgan fingerprint density at radius 3 is 2.38 bits per heavy atom. The Balaban J connectivity index is 2.07. The standard InChI is InChI=1S/C18H19N5O/c1-11-9-16(15(20)10-14(11)19)21-17-12(2)22(3)23(18(17)24)13-7-5-4-6-8-13/h4-10H,1-3H3,(H3,19,20)/p+1. The maximum Gasteiger partial charge on any atom is 0.338 e. The van der Waals surface area contributed by atoms with Crippen LogP contribution in [0.3, 0.4) is 0 Å². The molecule has 0 radical (unpaired) electrons. The summed E-state index contributed by atoms with van der Waals surface area (Å²) < 4.78 is 1.79. The van der Waals surface area contributed by atoms with E-state index in [1.807, 2.05) is 51.2 Å². The Kier molecular flexibility index (Phi) is 3.81. The topological polar surface area (TPSA) is 87.7 Å². The lowest BCUT2D eigenvalue weighted by Crippen LogP contribution is -2.34. The molecule has 4 N–H and O–H groups in total. The van der Waals surface area contributed by atoms with Gasteiger partial charge in [0.2, 0.25) is 11.4 Å². The van der Waals surface area contributed by atoms with E-state index in [1.165, 1.54) is 0 Å². The second-order valence-electron chi connectivity index (χ2n) is 5.79.